The lowest BCUT2D eigenvalue weighted by Gasteiger charge is -2.46. The number of nitrogens with one attached hydrogen (secondary N) is 1. The smallest absolute Gasteiger partial charge is 0.185 e. The zero-order valence-electron chi connectivity index (χ0n) is 16.6. The van der Waals surface area contributed by atoms with Crippen LogP contribution in [0.2, 0.25) is 0 Å². The highest BCUT2D eigenvalue weighted by Gasteiger charge is 2.47. The van der Waals surface area contributed by atoms with Crippen molar-refractivity contribution in [2.45, 2.75) is 53.2 Å². The first-order valence-electron chi connectivity index (χ1n) is 9.16. The molecule has 1 aliphatic heterocycles. The molecule has 26 heavy (non-hydrogen) atoms. The topological polar surface area (TPSA) is 38.3 Å². The van der Waals surface area contributed by atoms with Gasteiger partial charge in [-0.1, -0.05) is 60.3 Å². The Kier molecular flexibility index (Phi) is 4.18. The first kappa shape index (κ1) is 18.5. The Hall–Kier alpha value is -2.29. The van der Waals surface area contributed by atoms with Crippen molar-refractivity contribution in [1.82, 2.24) is 0 Å². The average Bonchev–Trinajstić information content (AvgIpc) is 2.54. The molecule has 1 N–H and O–H groups in total. The van der Waals surface area contributed by atoms with Crippen LogP contribution in [0.4, 0.5) is 5.69 Å². The van der Waals surface area contributed by atoms with Crippen LogP contribution in [0.5, 0.6) is 5.75 Å². The maximum absolute atomic E-state index is 13.3. The number of Topliss-reactive ketones (excluding diaryl/α,β-unsaturated/α-hetero) is 1. The molecular formula is C23H29NO2. The Morgan fingerprint density at radius 2 is 1.58 bits per heavy atom. The van der Waals surface area contributed by atoms with Gasteiger partial charge in [0.2, 0.25) is 0 Å². The summed E-state index contributed by atoms with van der Waals surface area (Å²) >= 11 is 0. The minimum absolute atomic E-state index is 0.124. The van der Waals surface area contributed by atoms with Crippen molar-refractivity contribution in [1.29, 1.82) is 0 Å². The van der Waals surface area contributed by atoms with Gasteiger partial charge in [0.1, 0.15) is 17.4 Å². The van der Waals surface area contributed by atoms with Crippen molar-refractivity contribution in [2.75, 3.05) is 5.32 Å². The fourth-order valence-corrected chi connectivity index (χ4v) is 3.60. The fourth-order valence-electron chi connectivity index (χ4n) is 3.60. The molecule has 0 saturated heterocycles. The highest BCUT2D eigenvalue weighted by Crippen LogP contribution is 2.46. The molecule has 0 fully saturated rings. The molecule has 3 nitrogen and oxygen atoms in total. The monoisotopic (exact) mass is 351 g/mol. The van der Waals surface area contributed by atoms with Crippen molar-refractivity contribution in [3.8, 4) is 5.75 Å². The number of ketones is 1. The zero-order chi connectivity index (χ0) is 19.3. The first-order valence-corrected chi connectivity index (χ1v) is 9.16. The van der Waals surface area contributed by atoms with E-state index in [4.69, 9.17) is 4.74 Å². The number of hydrogen-bond donors (Lipinski definition) is 1. The number of allylic oxidation sites excluding steroid dienone is 2. The minimum Gasteiger partial charge on any atom is -0.481 e. The molecule has 2 aliphatic rings. The first-order chi connectivity index (χ1) is 12.0. The van der Waals surface area contributed by atoms with Gasteiger partial charge in [-0.05, 0) is 41.2 Å². The van der Waals surface area contributed by atoms with Gasteiger partial charge in [0.15, 0.2) is 5.78 Å². The number of carbonyl (C=O) groups excluding carboxylic acids is 1. The van der Waals surface area contributed by atoms with Gasteiger partial charge in [0, 0.05) is 11.1 Å². The predicted molar refractivity (Wildman–Crippen MR) is 107 cm³/mol. The fraction of sp³-hybridized carbons (Fsp3) is 0.435. The van der Waals surface area contributed by atoms with E-state index in [-0.39, 0.29) is 22.7 Å². The van der Waals surface area contributed by atoms with E-state index < -0.39 is 5.54 Å². The van der Waals surface area contributed by atoms with Crippen LogP contribution in [-0.2, 0) is 4.79 Å². The molecule has 1 aromatic rings. The number of anilines is 1. The van der Waals surface area contributed by atoms with Crippen molar-refractivity contribution < 1.29 is 9.53 Å². The van der Waals surface area contributed by atoms with E-state index in [2.05, 4.69) is 53.4 Å². The van der Waals surface area contributed by atoms with Gasteiger partial charge in [-0.3, -0.25) is 4.79 Å². The molecule has 3 rings (SSSR count). The highest BCUT2D eigenvalue weighted by atomic mass is 16.5. The third-order valence-electron chi connectivity index (χ3n) is 5.05. The van der Waals surface area contributed by atoms with Gasteiger partial charge in [0.05, 0.1) is 5.69 Å². The normalized spacial score (nSPS) is 21.9. The van der Waals surface area contributed by atoms with E-state index in [1.165, 1.54) is 0 Å². The predicted octanol–water partition coefficient (Wildman–Crippen LogP) is 5.31. The number of fused-ring (bicyclic) bond motifs is 1. The maximum atomic E-state index is 13.3. The van der Waals surface area contributed by atoms with Gasteiger partial charge in [-0.25, -0.2) is 0 Å². The summed E-state index contributed by atoms with van der Waals surface area (Å²) in [5.41, 5.74) is 1.39. The zero-order valence-corrected chi connectivity index (χ0v) is 16.6. The van der Waals surface area contributed by atoms with Gasteiger partial charge in [-0.15, -0.1) is 0 Å². The Morgan fingerprint density at radius 1 is 1.04 bits per heavy atom. The van der Waals surface area contributed by atoms with E-state index in [0.717, 1.165) is 22.6 Å². The Bertz CT molecular complexity index is 781. The molecule has 1 atom stereocenters. The molecule has 0 bridgehead atoms. The van der Waals surface area contributed by atoms with Crippen LogP contribution in [0.25, 0.3) is 0 Å². The van der Waals surface area contributed by atoms with Crippen LogP contribution in [-0.4, -0.2) is 17.4 Å². The lowest BCUT2D eigenvalue weighted by molar-refractivity contribution is -0.114. The number of benzene rings is 1. The molecule has 0 unspecified atom stereocenters. The van der Waals surface area contributed by atoms with Gasteiger partial charge >= 0.3 is 0 Å². The van der Waals surface area contributed by atoms with E-state index in [9.17, 15) is 4.79 Å². The summed E-state index contributed by atoms with van der Waals surface area (Å²) in [7, 11) is 0. The third-order valence-corrected chi connectivity index (χ3v) is 5.05. The number of rotatable bonds is 1. The number of ether oxygens (including phenoxy) is 1. The van der Waals surface area contributed by atoms with Gasteiger partial charge in [0.25, 0.3) is 0 Å². The Morgan fingerprint density at radius 3 is 2.08 bits per heavy atom. The van der Waals surface area contributed by atoms with Crippen LogP contribution in [0.3, 0.4) is 0 Å². The lowest BCUT2D eigenvalue weighted by Crippen LogP contribution is -2.54. The third kappa shape index (κ3) is 3.00. The van der Waals surface area contributed by atoms with Gasteiger partial charge < -0.3 is 10.1 Å². The van der Waals surface area contributed by atoms with Crippen molar-refractivity contribution in [3.63, 3.8) is 0 Å². The summed E-state index contributed by atoms with van der Waals surface area (Å²) < 4.78 is 6.25. The van der Waals surface area contributed by atoms with E-state index in [0.29, 0.717) is 0 Å². The molecule has 0 amide bonds. The second-order valence-electron chi connectivity index (χ2n) is 9.27. The largest absolute Gasteiger partial charge is 0.481 e. The number of para-hydroxylation sites is 2. The summed E-state index contributed by atoms with van der Waals surface area (Å²) in [4.78, 5) is 13.3. The molecular weight excluding hydrogens is 322 g/mol. The minimum atomic E-state index is -0.630. The van der Waals surface area contributed by atoms with Crippen molar-refractivity contribution in [3.05, 3.63) is 60.2 Å². The summed E-state index contributed by atoms with van der Waals surface area (Å²) in [6, 6.07) is 7.88. The van der Waals surface area contributed by atoms with E-state index in [1.807, 2.05) is 42.5 Å². The Labute approximate surface area is 156 Å². The van der Waals surface area contributed by atoms with Crippen LogP contribution in [0, 0.1) is 10.8 Å². The molecule has 1 aliphatic carbocycles. The summed E-state index contributed by atoms with van der Waals surface area (Å²) in [5.74, 6) is 0.926. The van der Waals surface area contributed by atoms with Gasteiger partial charge in [-0.2, -0.15) is 0 Å². The summed E-state index contributed by atoms with van der Waals surface area (Å²) in [5, 5.41) is 3.64. The van der Waals surface area contributed by atoms with Crippen molar-refractivity contribution >= 4 is 11.5 Å². The molecule has 1 aromatic carbocycles. The molecule has 0 saturated carbocycles. The van der Waals surface area contributed by atoms with Crippen LogP contribution in [0.15, 0.2) is 60.2 Å². The van der Waals surface area contributed by atoms with Crippen LogP contribution >= 0.6 is 0 Å². The summed E-state index contributed by atoms with van der Waals surface area (Å²) in [6.45, 7) is 16.5. The van der Waals surface area contributed by atoms with Crippen LogP contribution in [0.1, 0.15) is 41.5 Å². The SMILES string of the molecule is C=C[C@@H]1Oc2ccccc2NC12C=C(C(C)(C)C)C(=O)C(C(C)(C)C)=C2. The molecule has 0 radical (unpaired) electrons. The van der Waals surface area contributed by atoms with Crippen molar-refractivity contribution in [2.24, 2.45) is 10.8 Å². The second kappa shape index (κ2) is 5.87. The maximum Gasteiger partial charge on any atom is 0.185 e. The molecule has 1 heterocycles. The average molecular weight is 351 g/mol. The lowest BCUT2D eigenvalue weighted by atomic mass is 9.67. The molecule has 0 aromatic heterocycles. The standard InChI is InChI=1S/C23H29NO2/c1-8-19-23(24-17-11-9-10-12-18(17)26-19)13-15(21(2,3)4)20(25)16(14-23)22(5,6)7/h8-14,19,24H,1H2,2-7H3/t19-/m0/s1. The van der Waals surface area contributed by atoms with Crippen LogP contribution < -0.4 is 10.1 Å². The quantitative estimate of drug-likeness (QED) is 0.697. The second-order valence-corrected chi connectivity index (χ2v) is 9.27. The molecule has 138 valence electrons. The van der Waals surface area contributed by atoms with E-state index >= 15 is 0 Å². The molecule has 1 spiro atoms. The highest BCUT2D eigenvalue weighted by molar-refractivity contribution is 6.11. The molecule has 3 heteroatoms. The number of carbonyl (C=O) groups is 1. The number of hydrogen-bond acceptors (Lipinski definition) is 3. The Balaban J connectivity index is 2.25. The summed E-state index contributed by atoms with van der Waals surface area (Å²) in [6.07, 6.45) is 5.60. The van der Waals surface area contributed by atoms with E-state index in [1.54, 1.807) is 0 Å².